The van der Waals surface area contributed by atoms with E-state index in [-0.39, 0.29) is 33.3 Å². The Balaban J connectivity index is 1.61. The van der Waals surface area contributed by atoms with Crippen molar-refractivity contribution in [1.29, 1.82) is 0 Å². The van der Waals surface area contributed by atoms with Crippen molar-refractivity contribution in [3.63, 3.8) is 0 Å². The predicted octanol–water partition coefficient (Wildman–Crippen LogP) is 4.59. The number of aryl methyl sites for hydroxylation is 1. The summed E-state index contributed by atoms with van der Waals surface area (Å²) in [6.45, 7) is 3.15. The van der Waals surface area contributed by atoms with Crippen LogP contribution >= 0.6 is 23.2 Å². The van der Waals surface area contributed by atoms with Crippen molar-refractivity contribution in [2.24, 2.45) is 5.16 Å². The van der Waals surface area contributed by atoms with Crippen LogP contribution in [-0.2, 0) is 10.4 Å². The lowest BCUT2D eigenvalue weighted by Gasteiger charge is -2.29. The molecule has 4 rings (SSSR count). The molecule has 0 aromatic heterocycles. The van der Waals surface area contributed by atoms with Gasteiger partial charge >= 0.3 is 6.18 Å². The number of carbonyl (C=O) groups is 1. The first-order valence-corrected chi connectivity index (χ1v) is 10.3. The van der Waals surface area contributed by atoms with Crippen molar-refractivity contribution >= 4 is 34.8 Å². The number of halogens is 5. The molecular formula is C21H18Cl2F3N3O2. The number of carbonyl (C=O) groups excluding carboxylic acids is 1. The maximum absolute atomic E-state index is 14.1. The molecule has 1 unspecified atom stereocenters. The molecule has 1 fully saturated rings. The Labute approximate surface area is 186 Å². The Morgan fingerprint density at radius 3 is 2.42 bits per heavy atom. The van der Waals surface area contributed by atoms with Crippen molar-refractivity contribution in [2.75, 3.05) is 13.1 Å². The van der Waals surface area contributed by atoms with E-state index >= 15 is 0 Å². The summed E-state index contributed by atoms with van der Waals surface area (Å²) in [5, 5.41) is 9.85. The topological polar surface area (TPSA) is 62.7 Å². The smallest absolute Gasteiger partial charge is 0.374 e. The third kappa shape index (κ3) is 4.12. The van der Waals surface area contributed by atoms with Gasteiger partial charge in [0.2, 0.25) is 0 Å². The number of amides is 1. The number of rotatable bonds is 4. The fourth-order valence-corrected chi connectivity index (χ4v) is 4.12. The average molecular weight is 472 g/mol. The molecule has 1 amide bonds. The number of benzene rings is 2. The highest BCUT2D eigenvalue weighted by molar-refractivity contribution is 6.34. The summed E-state index contributed by atoms with van der Waals surface area (Å²) < 4.78 is 42.4. The third-order valence-corrected chi connectivity index (χ3v) is 5.87. The van der Waals surface area contributed by atoms with Crippen LogP contribution in [0.4, 0.5) is 13.2 Å². The second-order valence-corrected chi connectivity index (χ2v) is 8.52. The van der Waals surface area contributed by atoms with Gasteiger partial charge in [0.1, 0.15) is 0 Å². The van der Waals surface area contributed by atoms with E-state index < -0.39 is 18.2 Å². The number of hydrogen-bond donors (Lipinski definition) is 2. The Hall–Kier alpha value is -2.29. The van der Waals surface area contributed by atoms with E-state index in [9.17, 15) is 18.0 Å². The van der Waals surface area contributed by atoms with Crippen molar-refractivity contribution < 1.29 is 22.8 Å². The van der Waals surface area contributed by atoms with Crippen molar-refractivity contribution in [1.82, 2.24) is 10.6 Å². The first-order chi connectivity index (χ1) is 14.6. The van der Waals surface area contributed by atoms with E-state index in [2.05, 4.69) is 15.8 Å². The van der Waals surface area contributed by atoms with Crippen LogP contribution < -0.4 is 10.6 Å². The lowest BCUT2D eigenvalue weighted by molar-refractivity contribution is -0.275. The van der Waals surface area contributed by atoms with Gasteiger partial charge in [-0.1, -0.05) is 34.4 Å². The molecule has 2 heterocycles. The molecule has 164 valence electrons. The van der Waals surface area contributed by atoms with Crippen LogP contribution in [0.15, 0.2) is 41.6 Å². The second kappa shape index (κ2) is 8.00. The van der Waals surface area contributed by atoms with Crippen LogP contribution in [0, 0.1) is 6.92 Å². The molecule has 0 radical (unpaired) electrons. The molecule has 2 aliphatic heterocycles. The Kier molecular flexibility index (Phi) is 5.66. The minimum atomic E-state index is -4.77. The SMILES string of the molecule is Cc1cc(C2=NOC(c3cc(Cl)cc(Cl)c3)(C(F)(F)F)C2)ccc1C(=O)NC1CNC1. The van der Waals surface area contributed by atoms with Crippen molar-refractivity contribution in [3.05, 3.63) is 68.7 Å². The molecule has 0 aliphatic carbocycles. The number of oxime groups is 1. The molecule has 0 saturated carbocycles. The second-order valence-electron chi connectivity index (χ2n) is 7.65. The minimum absolute atomic E-state index is 0.0658. The first kappa shape index (κ1) is 21.9. The van der Waals surface area contributed by atoms with Gasteiger partial charge in [0.25, 0.3) is 11.5 Å². The largest absolute Gasteiger partial charge is 0.435 e. The maximum Gasteiger partial charge on any atom is 0.435 e. The fourth-order valence-electron chi connectivity index (χ4n) is 3.60. The van der Waals surface area contributed by atoms with Crippen LogP contribution in [0.1, 0.15) is 33.5 Å². The van der Waals surface area contributed by atoms with E-state index in [0.717, 1.165) is 0 Å². The van der Waals surface area contributed by atoms with Crippen molar-refractivity contribution in [2.45, 2.75) is 31.2 Å². The highest BCUT2D eigenvalue weighted by Crippen LogP contribution is 2.49. The van der Waals surface area contributed by atoms with Gasteiger partial charge in [-0.2, -0.15) is 13.2 Å². The quantitative estimate of drug-likeness (QED) is 0.685. The lowest BCUT2D eigenvalue weighted by Crippen LogP contribution is -2.57. The van der Waals surface area contributed by atoms with Crippen LogP contribution in [0.25, 0.3) is 0 Å². The van der Waals surface area contributed by atoms with Gasteiger partial charge in [0, 0.05) is 40.7 Å². The highest BCUT2D eigenvalue weighted by Gasteiger charge is 2.62. The molecule has 31 heavy (non-hydrogen) atoms. The molecule has 2 aliphatic rings. The zero-order valence-corrected chi connectivity index (χ0v) is 17.8. The fraction of sp³-hybridized carbons (Fsp3) is 0.333. The number of nitrogens with one attached hydrogen (secondary N) is 2. The standard InChI is InChI=1S/C21H18Cl2F3N3O2/c1-11-4-12(2-3-17(11)19(30)28-16-9-27-10-16)18-8-20(31-29-18,21(24,25)26)13-5-14(22)7-15(23)6-13/h2-7,16,27H,8-10H2,1H3,(H,28,30). The first-order valence-electron chi connectivity index (χ1n) is 9.50. The number of alkyl halides is 3. The summed E-state index contributed by atoms with van der Waals surface area (Å²) in [6.07, 6.45) is -5.32. The molecule has 1 atom stereocenters. The summed E-state index contributed by atoms with van der Waals surface area (Å²) in [7, 11) is 0. The molecule has 2 N–H and O–H groups in total. The summed E-state index contributed by atoms with van der Waals surface area (Å²) in [6, 6.07) is 8.56. The summed E-state index contributed by atoms with van der Waals surface area (Å²) in [5.41, 5.74) is -1.28. The summed E-state index contributed by atoms with van der Waals surface area (Å²) in [5.74, 6) is -0.224. The van der Waals surface area contributed by atoms with Gasteiger partial charge in [0.15, 0.2) is 0 Å². The van der Waals surface area contributed by atoms with Gasteiger partial charge in [-0.3, -0.25) is 4.79 Å². The van der Waals surface area contributed by atoms with E-state index in [4.69, 9.17) is 28.0 Å². The zero-order chi connectivity index (χ0) is 22.4. The molecule has 2 aromatic carbocycles. The van der Waals surface area contributed by atoms with Gasteiger partial charge in [-0.15, -0.1) is 0 Å². The monoisotopic (exact) mass is 471 g/mol. The van der Waals surface area contributed by atoms with Crippen molar-refractivity contribution in [3.8, 4) is 0 Å². The lowest BCUT2D eigenvalue weighted by atomic mass is 9.86. The molecule has 0 bridgehead atoms. The minimum Gasteiger partial charge on any atom is -0.374 e. The molecular weight excluding hydrogens is 454 g/mol. The van der Waals surface area contributed by atoms with E-state index in [1.165, 1.54) is 18.2 Å². The van der Waals surface area contributed by atoms with Gasteiger partial charge in [-0.05, 0) is 48.4 Å². The number of nitrogens with zero attached hydrogens (tertiary/aromatic N) is 1. The van der Waals surface area contributed by atoms with Gasteiger partial charge < -0.3 is 15.5 Å². The molecule has 10 heteroatoms. The summed E-state index contributed by atoms with van der Waals surface area (Å²) >= 11 is 11.9. The Morgan fingerprint density at radius 2 is 1.87 bits per heavy atom. The van der Waals surface area contributed by atoms with E-state index in [1.54, 1.807) is 25.1 Å². The van der Waals surface area contributed by atoms with Gasteiger partial charge in [0.05, 0.1) is 11.8 Å². The van der Waals surface area contributed by atoms with Crippen LogP contribution in [0.3, 0.4) is 0 Å². The molecule has 0 spiro atoms. The normalized spacial score (nSPS) is 21.3. The van der Waals surface area contributed by atoms with Gasteiger partial charge in [-0.25, -0.2) is 0 Å². The average Bonchev–Trinajstić information content (AvgIpc) is 3.10. The van der Waals surface area contributed by atoms with E-state index in [0.29, 0.717) is 29.8 Å². The molecule has 2 aromatic rings. The molecule has 5 nitrogen and oxygen atoms in total. The molecule has 1 saturated heterocycles. The van der Waals surface area contributed by atoms with Crippen LogP contribution in [-0.4, -0.2) is 36.9 Å². The Morgan fingerprint density at radius 1 is 1.19 bits per heavy atom. The highest BCUT2D eigenvalue weighted by atomic mass is 35.5. The van der Waals surface area contributed by atoms with Crippen LogP contribution in [0.5, 0.6) is 0 Å². The predicted molar refractivity (Wildman–Crippen MR) is 112 cm³/mol. The van der Waals surface area contributed by atoms with Crippen LogP contribution in [0.2, 0.25) is 10.0 Å². The Bertz CT molecular complexity index is 1050. The summed E-state index contributed by atoms with van der Waals surface area (Å²) in [4.78, 5) is 17.4. The number of hydrogen-bond acceptors (Lipinski definition) is 4. The zero-order valence-electron chi connectivity index (χ0n) is 16.3. The maximum atomic E-state index is 14.1. The third-order valence-electron chi connectivity index (χ3n) is 5.44. The van der Waals surface area contributed by atoms with E-state index in [1.807, 2.05) is 0 Å².